The van der Waals surface area contributed by atoms with Crippen LogP contribution in [-0.4, -0.2) is 29.6 Å². The monoisotopic (exact) mass is 274 g/mol. The van der Waals surface area contributed by atoms with Gasteiger partial charge in [0, 0.05) is 25.2 Å². The van der Waals surface area contributed by atoms with Crippen LogP contribution in [0.5, 0.6) is 0 Å². The van der Waals surface area contributed by atoms with E-state index >= 15 is 0 Å². The van der Waals surface area contributed by atoms with Crippen molar-refractivity contribution in [2.75, 3.05) is 24.5 Å². The first-order chi connectivity index (χ1) is 9.81. The van der Waals surface area contributed by atoms with Gasteiger partial charge in [0.1, 0.15) is 0 Å². The van der Waals surface area contributed by atoms with Crippen molar-refractivity contribution in [3.8, 4) is 0 Å². The highest BCUT2D eigenvalue weighted by Gasteiger charge is 2.24. The Bertz CT molecular complexity index is 452. The van der Waals surface area contributed by atoms with E-state index in [-0.39, 0.29) is 0 Å². The summed E-state index contributed by atoms with van der Waals surface area (Å²) in [5.74, 6) is 2.27. The average Bonchev–Trinajstić information content (AvgIpc) is 2.54. The molecule has 1 aliphatic heterocycles. The van der Waals surface area contributed by atoms with Crippen LogP contribution in [0.2, 0.25) is 0 Å². The largest absolute Gasteiger partial charge is 0.341 e. The van der Waals surface area contributed by atoms with E-state index in [2.05, 4.69) is 23.0 Å². The number of piperidine rings is 1. The van der Waals surface area contributed by atoms with E-state index in [1.807, 2.05) is 0 Å². The van der Waals surface area contributed by atoms with Gasteiger partial charge in [-0.3, -0.25) is 0 Å². The fraction of sp³-hybridized carbons (Fsp3) is 0.750. The molecule has 4 nitrogen and oxygen atoms in total. The van der Waals surface area contributed by atoms with Crippen molar-refractivity contribution in [3.63, 3.8) is 0 Å². The molecule has 4 heteroatoms. The van der Waals surface area contributed by atoms with Gasteiger partial charge in [-0.25, -0.2) is 9.97 Å². The molecule has 0 aromatic carbocycles. The lowest BCUT2D eigenvalue weighted by molar-refractivity contribution is 0.410. The maximum Gasteiger partial charge on any atom is 0.225 e. The molecule has 0 spiro atoms. The highest BCUT2D eigenvalue weighted by atomic mass is 15.3. The summed E-state index contributed by atoms with van der Waals surface area (Å²) >= 11 is 0. The van der Waals surface area contributed by atoms with E-state index in [0.29, 0.717) is 11.8 Å². The van der Waals surface area contributed by atoms with E-state index in [4.69, 9.17) is 10.7 Å². The molecule has 2 aliphatic rings. The number of nitrogens with two attached hydrogens (primary N) is 1. The molecule has 1 aromatic rings. The van der Waals surface area contributed by atoms with Gasteiger partial charge in [-0.1, -0.05) is 6.92 Å². The number of aryl methyl sites for hydroxylation is 1. The van der Waals surface area contributed by atoms with Crippen molar-refractivity contribution in [2.24, 2.45) is 11.7 Å². The number of hydrogen-bond donors (Lipinski definition) is 1. The van der Waals surface area contributed by atoms with Gasteiger partial charge in [0.15, 0.2) is 0 Å². The molecule has 1 unspecified atom stereocenters. The van der Waals surface area contributed by atoms with Gasteiger partial charge in [0.25, 0.3) is 0 Å². The average molecular weight is 274 g/mol. The molecule has 3 rings (SSSR count). The second kappa shape index (κ2) is 6.08. The number of fused-ring (bicyclic) bond motifs is 1. The van der Waals surface area contributed by atoms with Gasteiger partial charge in [0.2, 0.25) is 5.95 Å². The molecule has 20 heavy (non-hydrogen) atoms. The number of aromatic nitrogens is 2. The van der Waals surface area contributed by atoms with Gasteiger partial charge in [-0.05, 0) is 56.6 Å². The van der Waals surface area contributed by atoms with Crippen LogP contribution in [-0.2, 0) is 6.42 Å². The highest BCUT2D eigenvalue weighted by Crippen LogP contribution is 2.33. The molecule has 2 N–H and O–H groups in total. The predicted octanol–water partition coefficient (Wildman–Crippen LogP) is 2.48. The smallest absolute Gasteiger partial charge is 0.225 e. The maximum atomic E-state index is 5.76. The van der Waals surface area contributed by atoms with Gasteiger partial charge in [-0.2, -0.15) is 0 Å². The predicted molar refractivity (Wildman–Crippen MR) is 82.0 cm³/mol. The third kappa shape index (κ3) is 2.66. The van der Waals surface area contributed by atoms with Gasteiger partial charge in [0.05, 0.1) is 5.69 Å². The Labute approximate surface area is 121 Å². The number of hydrogen-bond acceptors (Lipinski definition) is 4. The zero-order chi connectivity index (χ0) is 13.9. The topological polar surface area (TPSA) is 55.0 Å². The second-order valence-electron chi connectivity index (χ2n) is 6.24. The van der Waals surface area contributed by atoms with Crippen LogP contribution in [0.1, 0.15) is 56.2 Å². The van der Waals surface area contributed by atoms with Crippen LogP contribution in [0.3, 0.4) is 0 Å². The molecule has 0 amide bonds. The van der Waals surface area contributed by atoms with E-state index in [1.54, 1.807) is 0 Å². The zero-order valence-electron chi connectivity index (χ0n) is 12.5. The van der Waals surface area contributed by atoms with Crippen LogP contribution in [0.15, 0.2) is 6.20 Å². The normalized spacial score (nSPS) is 23.7. The standard InChI is InChI=1S/C16H26N4/c1-2-13-4-3-5-14-11-18-16(19-15(13)14)20-8-6-12(10-17)7-9-20/h11-13H,2-10,17H2,1H3. The Hall–Kier alpha value is -1.16. The maximum absolute atomic E-state index is 5.76. The zero-order valence-corrected chi connectivity index (χ0v) is 12.5. The molecule has 0 radical (unpaired) electrons. The van der Waals surface area contributed by atoms with Crippen molar-refractivity contribution in [3.05, 3.63) is 17.5 Å². The van der Waals surface area contributed by atoms with Gasteiger partial charge >= 0.3 is 0 Å². The molecule has 1 saturated heterocycles. The third-order valence-corrected chi connectivity index (χ3v) is 4.99. The van der Waals surface area contributed by atoms with Crippen molar-refractivity contribution in [1.82, 2.24) is 9.97 Å². The lowest BCUT2D eigenvalue weighted by Crippen LogP contribution is -2.37. The molecule has 110 valence electrons. The summed E-state index contributed by atoms with van der Waals surface area (Å²) in [6.07, 6.45) is 9.35. The van der Waals surface area contributed by atoms with Crippen LogP contribution < -0.4 is 10.6 Å². The lowest BCUT2D eigenvalue weighted by atomic mass is 9.86. The molecule has 1 aliphatic carbocycles. The molecule has 2 heterocycles. The fourth-order valence-electron chi connectivity index (χ4n) is 3.55. The first-order valence-corrected chi connectivity index (χ1v) is 8.12. The van der Waals surface area contributed by atoms with Crippen molar-refractivity contribution in [2.45, 2.75) is 51.4 Å². The summed E-state index contributed by atoms with van der Waals surface area (Å²) < 4.78 is 0. The second-order valence-corrected chi connectivity index (χ2v) is 6.24. The van der Waals surface area contributed by atoms with E-state index < -0.39 is 0 Å². The highest BCUT2D eigenvalue weighted by molar-refractivity contribution is 5.36. The Morgan fingerprint density at radius 1 is 1.30 bits per heavy atom. The molecular formula is C16H26N4. The lowest BCUT2D eigenvalue weighted by Gasteiger charge is -2.32. The summed E-state index contributed by atoms with van der Waals surface area (Å²) in [4.78, 5) is 11.9. The fourth-order valence-corrected chi connectivity index (χ4v) is 3.55. The van der Waals surface area contributed by atoms with Crippen molar-refractivity contribution >= 4 is 5.95 Å². The van der Waals surface area contributed by atoms with Gasteiger partial charge in [-0.15, -0.1) is 0 Å². The summed E-state index contributed by atoms with van der Waals surface area (Å²) in [7, 11) is 0. The Morgan fingerprint density at radius 2 is 2.10 bits per heavy atom. The number of anilines is 1. The van der Waals surface area contributed by atoms with Crippen molar-refractivity contribution < 1.29 is 0 Å². The molecule has 0 bridgehead atoms. The van der Waals surface area contributed by atoms with Crippen LogP contribution in [0.25, 0.3) is 0 Å². The summed E-state index contributed by atoms with van der Waals surface area (Å²) in [6.45, 7) is 5.19. The minimum Gasteiger partial charge on any atom is -0.341 e. The molecule has 1 aromatic heterocycles. The number of nitrogens with zero attached hydrogens (tertiary/aromatic N) is 3. The molecule has 1 atom stereocenters. The molecule has 1 fully saturated rings. The van der Waals surface area contributed by atoms with E-state index in [1.165, 1.54) is 43.4 Å². The summed E-state index contributed by atoms with van der Waals surface area (Å²) in [5.41, 5.74) is 8.47. The van der Waals surface area contributed by atoms with Gasteiger partial charge < -0.3 is 10.6 Å². The molecular weight excluding hydrogens is 248 g/mol. The Balaban J connectivity index is 1.78. The van der Waals surface area contributed by atoms with Crippen LogP contribution >= 0.6 is 0 Å². The van der Waals surface area contributed by atoms with Crippen LogP contribution in [0, 0.1) is 5.92 Å². The Morgan fingerprint density at radius 3 is 2.80 bits per heavy atom. The first kappa shape index (κ1) is 13.8. The SMILES string of the molecule is CCC1CCCc2cnc(N3CCC(CN)CC3)nc21. The quantitative estimate of drug-likeness (QED) is 0.920. The minimum absolute atomic E-state index is 0.641. The molecule has 0 saturated carbocycles. The number of rotatable bonds is 3. The van der Waals surface area contributed by atoms with E-state index in [9.17, 15) is 0 Å². The Kier molecular flexibility index (Phi) is 4.20. The van der Waals surface area contributed by atoms with E-state index in [0.717, 1.165) is 32.0 Å². The summed E-state index contributed by atoms with van der Waals surface area (Å²) in [5, 5.41) is 0. The third-order valence-electron chi connectivity index (χ3n) is 4.99. The minimum atomic E-state index is 0.641. The van der Waals surface area contributed by atoms with Crippen molar-refractivity contribution in [1.29, 1.82) is 0 Å². The first-order valence-electron chi connectivity index (χ1n) is 8.12. The van der Waals surface area contributed by atoms with Crippen LogP contribution in [0.4, 0.5) is 5.95 Å². The summed E-state index contributed by atoms with van der Waals surface area (Å²) in [6, 6.07) is 0.